The molecule has 0 saturated carbocycles. The van der Waals surface area contributed by atoms with Crippen LogP contribution in [-0.2, 0) is 0 Å². The number of fused-ring (bicyclic) bond motifs is 1. The van der Waals surface area contributed by atoms with Gasteiger partial charge in [-0.25, -0.2) is 4.79 Å². The number of halogens is 3. The summed E-state index contributed by atoms with van der Waals surface area (Å²) in [7, 11) is 0. The number of nitrogens with zero attached hydrogens (tertiary/aromatic N) is 3. The lowest BCUT2D eigenvalue weighted by molar-refractivity contribution is -0.153. The van der Waals surface area contributed by atoms with Crippen molar-refractivity contribution in [3.05, 3.63) is 66.9 Å². The van der Waals surface area contributed by atoms with Gasteiger partial charge < -0.3 is 14.7 Å². The molecule has 2 aromatic carbocycles. The van der Waals surface area contributed by atoms with Crippen LogP contribution in [-0.4, -0.2) is 42.1 Å². The number of hydrogen-bond acceptors (Lipinski definition) is 4. The summed E-state index contributed by atoms with van der Waals surface area (Å²) in [6.45, 7) is -0.513. The molecule has 0 spiro atoms. The molecule has 2 heterocycles. The number of hydrogen-bond donors (Lipinski definition) is 1. The summed E-state index contributed by atoms with van der Waals surface area (Å²) in [4.78, 5) is 19.1. The highest BCUT2D eigenvalue weighted by molar-refractivity contribution is 5.94. The molecule has 0 bridgehead atoms. The lowest BCUT2D eigenvalue weighted by Gasteiger charge is -2.36. The first-order chi connectivity index (χ1) is 14.8. The molecule has 160 valence electrons. The molecule has 6 nitrogen and oxygen atoms in total. The van der Waals surface area contributed by atoms with Gasteiger partial charge in [0.2, 0.25) is 0 Å². The molecule has 1 aliphatic heterocycles. The topological polar surface area (TPSA) is 65.9 Å². The minimum atomic E-state index is -4.40. The Bertz CT molecular complexity index is 1070. The number of rotatable bonds is 4. The number of anilines is 3. The first kappa shape index (κ1) is 20.5. The molecule has 1 N–H and O–H groups in total. The van der Waals surface area contributed by atoms with E-state index < -0.39 is 18.9 Å². The number of para-hydroxylation sites is 2. The Kier molecular flexibility index (Phi) is 5.41. The van der Waals surface area contributed by atoms with Crippen molar-refractivity contribution in [1.82, 2.24) is 4.98 Å². The number of ether oxygens (including phenoxy) is 1. The van der Waals surface area contributed by atoms with Gasteiger partial charge in [-0.3, -0.25) is 9.88 Å². The summed E-state index contributed by atoms with van der Waals surface area (Å²) in [5.41, 5.74) is 3.71. The van der Waals surface area contributed by atoms with Crippen molar-refractivity contribution < 1.29 is 27.8 Å². The minimum absolute atomic E-state index is 0.0469. The number of amides is 1. The zero-order valence-corrected chi connectivity index (χ0v) is 16.2. The second kappa shape index (κ2) is 8.17. The molecule has 0 saturated heterocycles. The molecule has 9 heteroatoms. The minimum Gasteiger partial charge on any atom is -0.483 e. The highest BCUT2D eigenvalue weighted by Gasteiger charge is 2.28. The number of pyridine rings is 1. The van der Waals surface area contributed by atoms with Crippen LogP contribution in [0.5, 0.6) is 5.75 Å². The van der Waals surface area contributed by atoms with Gasteiger partial charge in [-0.15, -0.1) is 0 Å². The molecule has 1 aliphatic rings. The van der Waals surface area contributed by atoms with Crippen LogP contribution in [0.15, 0.2) is 66.9 Å². The second-order valence-electron chi connectivity index (χ2n) is 6.90. The number of aromatic nitrogens is 1. The van der Waals surface area contributed by atoms with Gasteiger partial charge in [0, 0.05) is 24.3 Å². The average molecular weight is 429 g/mol. The van der Waals surface area contributed by atoms with E-state index in [4.69, 9.17) is 0 Å². The van der Waals surface area contributed by atoms with Crippen LogP contribution in [0.3, 0.4) is 0 Å². The van der Waals surface area contributed by atoms with Crippen LogP contribution in [0, 0.1) is 0 Å². The number of benzene rings is 2. The van der Waals surface area contributed by atoms with Gasteiger partial charge in [0.05, 0.1) is 23.3 Å². The monoisotopic (exact) mass is 429 g/mol. The van der Waals surface area contributed by atoms with Gasteiger partial charge in [-0.1, -0.05) is 24.3 Å². The Morgan fingerprint density at radius 3 is 2.32 bits per heavy atom. The van der Waals surface area contributed by atoms with E-state index in [1.165, 1.54) is 17.2 Å². The van der Waals surface area contributed by atoms with E-state index in [0.29, 0.717) is 24.5 Å². The van der Waals surface area contributed by atoms with Gasteiger partial charge in [-0.05, 0) is 36.4 Å². The maximum Gasteiger partial charge on any atom is 0.422 e. The summed E-state index contributed by atoms with van der Waals surface area (Å²) in [5, 5.41) is 9.43. The van der Waals surface area contributed by atoms with Crippen LogP contribution in [0.4, 0.5) is 35.0 Å². The molecule has 1 amide bonds. The maximum absolute atomic E-state index is 12.2. The third kappa shape index (κ3) is 4.55. The molecule has 4 rings (SSSR count). The van der Waals surface area contributed by atoms with Crippen LogP contribution in [0.1, 0.15) is 0 Å². The molecule has 0 aliphatic carbocycles. The summed E-state index contributed by atoms with van der Waals surface area (Å²) in [5.74, 6) is 0.0469. The van der Waals surface area contributed by atoms with Crippen LogP contribution < -0.4 is 14.5 Å². The van der Waals surface area contributed by atoms with E-state index >= 15 is 0 Å². The van der Waals surface area contributed by atoms with Crippen molar-refractivity contribution in [3.8, 4) is 17.0 Å². The lowest BCUT2D eigenvalue weighted by Crippen LogP contribution is -2.41. The molecule has 0 atom stereocenters. The SMILES string of the molecule is O=C(O)N1CCN(c2ccc(-c3ccc(OCC(F)(F)F)cn3)cc2)c2ccccc21. The van der Waals surface area contributed by atoms with Crippen LogP contribution in [0.25, 0.3) is 11.3 Å². The van der Waals surface area contributed by atoms with Crippen molar-refractivity contribution in [2.75, 3.05) is 29.5 Å². The highest BCUT2D eigenvalue weighted by Crippen LogP contribution is 2.38. The Balaban J connectivity index is 1.52. The average Bonchev–Trinajstić information content (AvgIpc) is 2.77. The highest BCUT2D eigenvalue weighted by atomic mass is 19.4. The van der Waals surface area contributed by atoms with Crippen molar-refractivity contribution in [2.45, 2.75) is 6.18 Å². The number of carbonyl (C=O) groups is 1. The van der Waals surface area contributed by atoms with Gasteiger partial charge in [0.1, 0.15) is 5.75 Å². The maximum atomic E-state index is 12.2. The predicted octanol–water partition coefficient (Wildman–Crippen LogP) is 5.33. The van der Waals surface area contributed by atoms with Crippen LogP contribution in [0.2, 0.25) is 0 Å². The van der Waals surface area contributed by atoms with Gasteiger partial charge in [0.15, 0.2) is 6.61 Å². The molecular formula is C22H18F3N3O3. The molecule has 0 fully saturated rings. The summed E-state index contributed by atoms with van der Waals surface area (Å²) >= 11 is 0. The van der Waals surface area contributed by atoms with E-state index in [1.807, 2.05) is 41.3 Å². The Hall–Kier alpha value is -3.75. The van der Waals surface area contributed by atoms with Crippen molar-refractivity contribution in [1.29, 1.82) is 0 Å². The van der Waals surface area contributed by atoms with E-state index in [0.717, 1.165) is 16.9 Å². The third-order valence-corrected chi connectivity index (χ3v) is 4.86. The molecule has 1 aromatic heterocycles. The standard InChI is InChI=1S/C22H18F3N3O3/c23-22(24,25)14-31-17-9-10-18(26-13-17)15-5-7-16(8-6-15)27-11-12-28(21(29)30)20-4-2-1-3-19(20)27/h1-10,13H,11-12,14H2,(H,29,30). The molecule has 3 aromatic rings. The summed E-state index contributed by atoms with van der Waals surface area (Å²) in [6, 6.07) is 17.9. The Morgan fingerprint density at radius 1 is 1.00 bits per heavy atom. The van der Waals surface area contributed by atoms with Crippen LogP contribution >= 0.6 is 0 Å². The van der Waals surface area contributed by atoms with Gasteiger partial charge >= 0.3 is 12.3 Å². The van der Waals surface area contributed by atoms with Gasteiger partial charge in [0.25, 0.3) is 0 Å². The van der Waals surface area contributed by atoms with E-state index in [-0.39, 0.29) is 5.75 Å². The number of carboxylic acid groups (broad SMARTS) is 1. The number of alkyl halides is 3. The molecule has 31 heavy (non-hydrogen) atoms. The third-order valence-electron chi connectivity index (χ3n) is 4.86. The van der Waals surface area contributed by atoms with Gasteiger partial charge in [-0.2, -0.15) is 13.2 Å². The summed E-state index contributed by atoms with van der Waals surface area (Å²) in [6.07, 6.45) is -4.13. The summed E-state index contributed by atoms with van der Waals surface area (Å²) < 4.78 is 41.4. The molecule has 0 radical (unpaired) electrons. The van der Waals surface area contributed by atoms with E-state index in [2.05, 4.69) is 9.72 Å². The smallest absolute Gasteiger partial charge is 0.422 e. The second-order valence-corrected chi connectivity index (χ2v) is 6.90. The largest absolute Gasteiger partial charge is 0.483 e. The fourth-order valence-electron chi connectivity index (χ4n) is 3.44. The first-order valence-electron chi connectivity index (χ1n) is 9.45. The first-order valence-corrected chi connectivity index (χ1v) is 9.45. The molecule has 0 unspecified atom stereocenters. The zero-order valence-electron chi connectivity index (χ0n) is 16.2. The molecular weight excluding hydrogens is 411 g/mol. The fraction of sp³-hybridized carbons (Fsp3) is 0.182. The Labute approximate surface area is 176 Å². The normalized spacial score (nSPS) is 13.6. The Morgan fingerprint density at radius 2 is 1.71 bits per heavy atom. The van der Waals surface area contributed by atoms with Crippen molar-refractivity contribution >= 4 is 23.2 Å². The van der Waals surface area contributed by atoms with E-state index in [9.17, 15) is 23.1 Å². The lowest BCUT2D eigenvalue weighted by atomic mass is 10.1. The quantitative estimate of drug-likeness (QED) is 0.608. The fourth-order valence-corrected chi connectivity index (χ4v) is 3.44. The van der Waals surface area contributed by atoms with E-state index in [1.54, 1.807) is 18.2 Å². The van der Waals surface area contributed by atoms with Crippen molar-refractivity contribution in [2.24, 2.45) is 0 Å². The zero-order chi connectivity index (χ0) is 22.0. The predicted molar refractivity (Wildman–Crippen MR) is 110 cm³/mol. The van der Waals surface area contributed by atoms with Crippen molar-refractivity contribution in [3.63, 3.8) is 0 Å².